The molecule has 180 valence electrons. The summed E-state index contributed by atoms with van der Waals surface area (Å²) in [5.74, 6) is 3.11. The zero-order valence-electron chi connectivity index (χ0n) is 21.1. The Hall–Kier alpha value is -1.12. The Morgan fingerprint density at radius 3 is 2.59 bits per heavy atom. The van der Waals surface area contributed by atoms with E-state index in [4.69, 9.17) is 4.74 Å². The number of hydrogen-bond donors (Lipinski definition) is 0. The molecule has 3 nitrogen and oxygen atoms in total. The molecule has 3 saturated carbocycles. The Labute approximate surface area is 196 Å². The third kappa shape index (κ3) is 4.34. The van der Waals surface area contributed by atoms with Crippen molar-refractivity contribution in [2.24, 2.45) is 34.5 Å². The summed E-state index contributed by atoms with van der Waals surface area (Å²) in [6.45, 7) is 9.36. The summed E-state index contributed by atoms with van der Waals surface area (Å²) in [7, 11) is 0. The van der Waals surface area contributed by atoms with E-state index in [0.29, 0.717) is 23.5 Å². The van der Waals surface area contributed by atoms with Gasteiger partial charge in [-0.15, -0.1) is 0 Å². The highest BCUT2D eigenvalue weighted by Gasteiger charge is 2.59. The fourth-order valence-corrected chi connectivity index (χ4v) is 8.59. The summed E-state index contributed by atoms with van der Waals surface area (Å²) in [4.78, 5) is 24.6. The quantitative estimate of drug-likeness (QED) is 0.290. The van der Waals surface area contributed by atoms with Crippen LogP contribution >= 0.6 is 0 Å². The van der Waals surface area contributed by atoms with Gasteiger partial charge in [-0.3, -0.25) is 9.59 Å². The number of fused-ring (bicyclic) bond motifs is 5. The zero-order chi connectivity index (χ0) is 22.9. The van der Waals surface area contributed by atoms with Crippen LogP contribution in [0.25, 0.3) is 0 Å². The van der Waals surface area contributed by atoms with Crippen molar-refractivity contribution in [3.8, 4) is 0 Å². The van der Waals surface area contributed by atoms with E-state index in [1.165, 1.54) is 56.9 Å². The predicted molar refractivity (Wildman–Crippen MR) is 129 cm³/mol. The number of rotatable bonds is 8. The van der Waals surface area contributed by atoms with E-state index in [-0.39, 0.29) is 17.5 Å². The van der Waals surface area contributed by atoms with E-state index in [9.17, 15) is 9.59 Å². The molecule has 0 aliphatic heterocycles. The molecular formula is C29H46O3. The fourth-order valence-electron chi connectivity index (χ4n) is 8.59. The van der Waals surface area contributed by atoms with Crippen molar-refractivity contribution in [2.45, 2.75) is 124 Å². The lowest BCUT2D eigenvalue weighted by Crippen LogP contribution is -2.51. The van der Waals surface area contributed by atoms with Gasteiger partial charge in [0.1, 0.15) is 6.10 Å². The third-order valence-corrected chi connectivity index (χ3v) is 10.4. The van der Waals surface area contributed by atoms with Crippen molar-refractivity contribution in [2.75, 3.05) is 0 Å². The lowest BCUT2D eigenvalue weighted by molar-refractivity contribution is -0.155. The second kappa shape index (κ2) is 9.63. The first-order chi connectivity index (χ1) is 15.3. The molecule has 0 aromatic rings. The number of carbonyl (C=O) groups is 2. The highest BCUT2D eigenvalue weighted by atomic mass is 16.5. The molecule has 0 bridgehead atoms. The minimum absolute atomic E-state index is 0.0153. The summed E-state index contributed by atoms with van der Waals surface area (Å²) in [6, 6.07) is 0. The summed E-state index contributed by atoms with van der Waals surface area (Å²) < 4.78 is 6.02. The van der Waals surface area contributed by atoms with Crippen LogP contribution in [0.2, 0.25) is 0 Å². The van der Waals surface area contributed by atoms with Gasteiger partial charge in [-0.25, -0.2) is 0 Å². The first kappa shape index (κ1) is 24.0. The van der Waals surface area contributed by atoms with Crippen LogP contribution in [0.15, 0.2) is 11.6 Å². The summed E-state index contributed by atoms with van der Waals surface area (Å²) >= 11 is 0. The Bertz CT molecular complexity index is 739. The highest BCUT2D eigenvalue weighted by Crippen LogP contribution is 2.67. The van der Waals surface area contributed by atoms with Gasteiger partial charge in [-0.05, 0) is 93.0 Å². The molecule has 0 amide bonds. The zero-order valence-corrected chi connectivity index (χ0v) is 21.1. The van der Waals surface area contributed by atoms with Crippen molar-refractivity contribution in [1.82, 2.24) is 0 Å². The van der Waals surface area contributed by atoms with Crippen molar-refractivity contribution in [3.63, 3.8) is 0 Å². The van der Waals surface area contributed by atoms with Gasteiger partial charge < -0.3 is 4.74 Å². The Morgan fingerprint density at radius 2 is 1.81 bits per heavy atom. The third-order valence-electron chi connectivity index (χ3n) is 10.4. The molecular weight excluding hydrogens is 396 g/mol. The van der Waals surface area contributed by atoms with Crippen LogP contribution in [-0.2, 0) is 14.3 Å². The standard InChI is InChI=1S/C29H46O3/c1-5-6-7-8-9-10-27(31)32-20(2)24-13-14-25-23-12-11-21-19-22(30)15-17-28(21,3)26(23)16-18-29(24,25)4/h19-20,23-26H,5-18H2,1-4H3/t20-,23-,24+,25-,26-,28-,29+/m0/s1. The molecule has 0 aromatic carbocycles. The molecule has 4 aliphatic carbocycles. The number of carbonyl (C=O) groups excluding carboxylic acids is 2. The fraction of sp³-hybridized carbons (Fsp3) is 0.862. The molecule has 3 fully saturated rings. The predicted octanol–water partition coefficient (Wildman–Crippen LogP) is 7.43. The number of ether oxygens (including phenoxy) is 1. The van der Waals surface area contributed by atoms with Crippen LogP contribution in [0, 0.1) is 34.5 Å². The average molecular weight is 443 g/mol. The molecule has 4 aliphatic rings. The van der Waals surface area contributed by atoms with Gasteiger partial charge >= 0.3 is 5.97 Å². The summed E-state index contributed by atoms with van der Waals surface area (Å²) in [6.07, 6.45) is 17.6. The SMILES string of the molecule is CCCCCCCC(=O)O[C@@H](C)[C@H]1CC[C@H]2[C@@H]3CCC4=CC(=O)CC[C@]4(C)[C@H]3CC[C@]12C. The molecule has 32 heavy (non-hydrogen) atoms. The number of allylic oxidation sites excluding steroid dienone is 1. The average Bonchev–Trinajstić information content (AvgIpc) is 3.11. The van der Waals surface area contributed by atoms with Gasteiger partial charge in [0.15, 0.2) is 5.78 Å². The summed E-state index contributed by atoms with van der Waals surface area (Å²) in [5.41, 5.74) is 1.99. The van der Waals surface area contributed by atoms with E-state index < -0.39 is 0 Å². The van der Waals surface area contributed by atoms with Crippen LogP contribution < -0.4 is 0 Å². The molecule has 0 N–H and O–H groups in total. The lowest BCUT2D eigenvalue weighted by Gasteiger charge is -2.58. The van der Waals surface area contributed by atoms with Gasteiger partial charge in [0.05, 0.1) is 0 Å². The van der Waals surface area contributed by atoms with Gasteiger partial charge in [-0.2, -0.15) is 0 Å². The maximum atomic E-state index is 12.5. The minimum atomic E-state index is 0.0153. The van der Waals surface area contributed by atoms with Gasteiger partial charge in [0, 0.05) is 18.8 Å². The first-order valence-electron chi connectivity index (χ1n) is 13.7. The molecule has 3 heteroatoms. The highest BCUT2D eigenvalue weighted by molar-refractivity contribution is 5.91. The Kier molecular flexibility index (Phi) is 7.23. The summed E-state index contributed by atoms with van der Waals surface area (Å²) in [5, 5.41) is 0. The second-order valence-corrected chi connectivity index (χ2v) is 12.1. The molecule has 7 atom stereocenters. The maximum Gasteiger partial charge on any atom is 0.306 e. The van der Waals surface area contributed by atoms with Gasteiger partial charge in [0.25, 0.3) is 0 Å². The lowest BCUT2D eigenvalue weighted by atomic mass is 9.46. The molecule has 0 aromatic heterocycles. The van der Waals surface area contributed by atoms with Crippen LogP contribution in [0.3, 0.4) is 0 Å². The van der Waals surface area contributed by atoms with Gasteiger partial charge in [-0.1, -0.05) is 52.0 Å². The number of ketones is 1. The topological polar surface area (TPSA) is 43.4 Å². The van der Waals surface area contributed by atoms with Crippen LogP contribution in [-0.4, -0.2) is 17.9 Å². The van der Waals surface area contributed by atoms with E-state index >= 15 is 0 Å². The molecule has 0 heterocycles. The van der Waals surface area contributed by atoms with Crippen LogP contribution in [0.1, 0.15) is 118 Å². The number of hydrogen-bond acceptors (Lipinski definition) is 3. The van der Waals surface area contributed by atoms with Crippen LogP contribution in [0.4, 0.5) is 0 Å². The molecule has 0 saturated heterocycles. The molecule has 4 rings (SSSR count). The largest absolute Gasteiger partial charge is 0.462 e. The maximum absolute atomic E-state index is 12.5. The number of esters is 1. The van der Waals surface area contributed by atoms with E-state index in [1.807, 2.05) is 6.08 Å². The Balaban J connectivity index is 1.38. The smallest absolute Gasteiger partial charge is 0.306 e. The Morgan fingerprint density at radius 1 is 1.03 bits per heavy atom. The normalized spacial score (nSPS) is 39.5. The molecule has 0 radical (unpaired) electrons. The van der Waals surface area contributed by atoms with Crippen molar-refractivity contribution >= 4 is 11.8 Å². The van der Waals surface area contributed by atoms with E-state index in [1.54, 1.807) is 0 Å². The van der Waals surface area contributed by atoms with Crippen molar-refractivity contribution in [3.05, 3.63) is 11.6 Å². The van der Waals surface area contributed by atoms with Gasteiger partial charge in [0.2, 0.25) is 0 Å². The molecule has 0 unspecified atom stereocenters. The van der Waals surface area contributed by atoms with Crippen LogP contribution in [0.5, 0.6) is 0 Å². The van der Waals surface area contributed by atoms with E-state index in [0.717, 1.165) is 49.9 Å². The van der Waals surface area contributed by atoms with Crippen molar-refractivity contribution in [1.29, 1.82) is 0 Å². The first-order valence-corrected chi connectivity index (χ1v) is 13.7. The second-order valence-electron chi connectivity index (χ2n) is 12.1. The monoisotopic (exact) mass is 442 g/mol. The van der Waals surface area contributed by atoms with E-state index in [2.05, 4.69) is 27.7 Å². The molecule has 0 spiro atoms. The van der Waals surface area contributed by atoms with Crippen molar-refractivity contribution < 1.29 is 14.3 Å². The minimum Gasteiger partial charge on any atom is -0.462 e. The number of unbranched alkanes of at least 4 members (excludes halogenated alkanes) is 4.